The molecule has 2 rings (SSSR count). The Hall–Kier alpha value is -2.22. The van der Waals surface area contributed by atoms with Gasteiger partial charge < -0.3 is 10.1 Å². The van der Waals surface area contributed by atoms with Gasteiger partial charge in [-0.25, -0.2) is 8.78 Å². The number of benzene rings is 1. The lowest BCUT2D eigenvalue weighted by molar-refractivity contribution is -0.137. The number of fused-ring (bicyclic) bond motifs is 1. The van der Waals surface area contributed by atoms with Gasteiger partial charge in [0, 0.05) is 6.07 Å². The van der Waals surface area contributed by atoms with E-state index in [1.807, 2.05) is 4.98 Å². The van der Waals surface area contributed by atoms with Gasteiger partial charge >= 0.3 is 17.1 Å². The predicted octanol–water partition coefficient (Wildman–Crippen LogP) is 0.706. The number of nitrogens with one attached hydrogen (secondary N) is 1. The molecule has 0 atom stereocenters. The molecule has 0 radical (unpaired) electrons. The van der Waals surface area contributed by atoms with Crippen molar-refractivity contribution >= 4 is 28.6 Å². The number of carbonyl (C=O) groups is 1. The lowest BCUT2D eigenvalue weighted by Gasteiger charge is -2.09. The molecule has 9 heteroatoms. The first-order chi connectivity index (χ1) is 8.82. The normalized spacial score (nSPS) is 10.9. The smallest absolute Gasteiger partial charge is 0.323 e. The Morgan fingerprint density at radius 1 is 1.42 bits per heavy atom. The minimum absolute atomic E-state index is 0.269. The average molecular weight is 291 g/mol. The summed E-state index contributed by atoms with van der Waals surface area (Å²) in [4.78, 5) is 35.5. The third-order valence-corrected chi connectivity index (χ3v) is 2.73. The molecule has 0 unspecified atom stereocenters. The summed E-state index contributed by atoms with van der Waals surface area (Å²) in [6.07, 6.45) is 0. The fourth-order valence-electron chi connectivity index (χ4n) is 1.63. The van der Waals surface area contributed by atoms with Gasteiger partial charge in [0.25, 0.3) is 0 Å². The summed E-state index contributed by atoms with van der Waals surface area (Å²) in [6, 6.07) is 0.621. The third kappa shape index (κ3) is 2.10. The number of rotatable bonds is 2. The molecule has 19 heavy (non-hydrogen) atoms. The van der Waals surface area contributed by atoms with E-state index in [-0.39, 0.29) is 11.0 Å². The van der Waals surface area contributed by atoms with Crippen LogP contribution in [0.4, 0.5) is 8.78 Å². The van der Waals surface area contributed by atoms with Crippen LogP contribution in [0.15, 0.2) is 15.7 Å². The molecule has 2 N–H and O–H groups in total. The Labute approximate surface area is 107 Å². The van der Waals surface area contributed by atoms with Gasteiger partial charge in [-0.2, -0.15) is 0 Å². The topological polar surface area (TPSA) is 92.2 Å². The van der Waals surface area contributed by atoms with E-state index in [2.05, 4.69) is 0 Å². The lowest BCUT2D eigenvalue weighted by Crippen LogP contribution is -2.38. The Kier molecular flexibility index (Phi) is 3.11. The van der Waals surface area contributed by atoms with Gasteiger partial charge in [0.2, 0.25) is 0 Å². The molecule has 0 amide bonds. The van der Waals surface area contributed by atoms with Crippen LogP contribution in [0.3, 0.4) is 0 Å². The second-order valence-electron chi connectivity index (χ2n) is 3.62. The Balaban J connectivity index is 3.03. The summed E-state index contributed by atoms with van der Waals surface area (Å²) in [5, 5.41) is 7.90. The van der Waals surface area contributed by atoms with Gasteiger partial charge in [-0.15, -0.1) is 0 Å². The van der Waals surface area contributed by atoms with Crippen LogP contribution in [0.25, 0.3) is 11.0 Å². The zero-order chi connectivity index (χ0) is 14.3. The Morgan fingerprint density at radius 3 is 2.63 bits per heavy atom. The van der Waals surface area contributed by atoms with E-state index in [1.165, 1.54) is 0 Å². The molecule has 1 aromatic carbocycles. The first kappa shape index (κ1) is 13.2. The van der Waals surface area contributed by atoms with Crippen LogP contribution in [-0.2, 0) is 11.3 Å². The summed E-state index contributed by atoms with van der Waals surface area (Å²) >= 11 is 5.55. The minimum Gasteiger partial charge on any atom is -0.480 e. The van der Waals surface area contributed by atoms with Crippen molar-refractivity contribution in [1.82, 2.24) is 9.55 Å². The molecule has 0 spiro atoms. The van der Waals surface area contributed by atoms with E-state index in [9.17, 15) is 23.2 Å². The van der Waals surface area contributed by atoms with E-state index in [4.69, 9.17) is 16.7 Å². The van der Waals surface area contributed by atoms with Crippen molar-refractivity contribution in [2.24, 2.45) is 0 Å². The molecule has 2 aromatic rings. The lowest BCUT2D eigenvalue weighted by atomic mass is 10.2. The van der Waals surface area contributed by atoms with Crippen LogP contribution in [0, 0.1) is 11.6 Å². The van der Waals surface area contributed by atoms with Gasteiger partial charge in [0.15, 0.2) is 11.6 Å². The number of aliphatic carboxylic acids is 1. The summed E-state index contributed by atoms with van der Waals surface area (Å²) in [6.45, 7) is -0.899. The third-order valence-electron chi connectivity index (χ3n) is 2.39. The van der Waals surface area contributed by atoms with Gasteiger partial charge in [0.1, 0.15) is 11.6 Å². The van der Waals surface area contributed by atoms with Gasteiger partial charge in [-0.05, 0) is 0 Å². The fraction of sp³-hybridized carbons (Fsp3) is 0.100. The summed E-state index contributed by atoms with van der Waals surface area (Å²) in [5.74, 6) is -4.19. The van der Waals surface area contributed by atoms with Crippen LogP contribution >= 0.6 is 11.6 Å². The minimum atomic E-state index is -1.44. The van der Waals surface area contributed by atoms with Crippen LogP contribution in [0.2, 0.25) is 5.02 Å². The number of hydrogen-bond donors (Lipinski definition) is 2. The molecule has 0 saturated carbocycles. The van der Waals surface area contributed by atoms with E-state index in [0.717, 1.165) is 0 Å². The standard InChI is InChI=1S/C10H5ClF2N2O4/c11-6-7(13)3(12)1-4-8(6)15(2-5(16)17)10(19)9(18)14-4/h1H,2H2,(H,14,18)(H,16,17). The van der Waals surface area contributed by atoms with Crippen LogP contribution in [0.5, 0.6) is 0 Å². The molecule has 100 valence electrons. The van der Waals surface area contributed by atoms with E-state index in [1.54, 1.807) is 0 Å². The second-order valence-corrected chi connectivity index (χ2v) is 4.00. The number of hydrogen-bond acceptors (Lipinski definition) is 3. The quantitative estimate of drug-likeness (QED) is 0.629. The van der Waals surface area contributed by atoms with Gasteiger partial charge in [-0.3, -0.25) is 19.0 Å². The number of halogens is 3. The molecule has 0 aliphatic rings. The maximum Gasteiger partial charge on any atom is 0.323 e. The average Bonchev–Trinajstić information content (AvgIpc) is 2.32. The number of nitrogens with zero attached hydrogens (tertiary/aromatic N) is 1. The Bertz CT molecular complexity index is 812. The molecule has 0 saturated heterocycles. The van der Waals surface area contributed by atoms with E-state index in [0.29, 0.717) is 10.6 Å². The number of aromatic amines is 1. The zero-order valence-electron chi connectivity index (χ0n) is 9.04. The molecule has 0 aliphatic carbocycles. The van der Waals surface area contributed by atoms with Crippen molar-refractivity contribution in [2.75, 3.05) is 0 Å². The monoisotopic (exact) mass is 290 g/mol. The van der Waals surface area contributed by atoms with Crippen LogP contribution < -0.4 is 11.1 Å². The summed E-state index contributed by atoms with van der Waals surface area (Å²) in [5.41, 5.74) is -3.03. The maximum atomic E-state index is 13.3. The highest BCUT2D eigenvalue weighted by molar-refractivity contribution is 6.35. The molecular formula is C10H5ClF2N2O4. The van der Waals surface area contributed by atoms with Crippen molar-refractivity contribution in [3.05, 3.63) is 43.4 Å². The van der Waals surface area contributed by atoms with Crippen molar-refractivity contribution in [1.29, 1.82) is 0 Å². The molecule has 0 aliphatic heterocycles. The number of carboxylic acid groups (broad SMARTS) is 1. The largest absolute Gasteiger partial charge is 0.480 e. The molecular weight excluding hydrogens is 286 g/mol. The number of carboxylic acids is 1. The highest BCUT2D eigenvalue weighted by atomic mass is 35.5. The molecule has 0 fully saturated rings. The zero-order valence-corrected chi connectivity index (χ0v) is 9.79. The van der Waals surface area contributed by atoms with Crippen molar-refractivity contribution in [3.63, 3.8) is 0 Å². The predicted molar refractivity (Wildman–Crippen MR) is 61.4 cm³/mol. The van der Waals surface area contributed by atoms with Gasteiger partial charge in [0.05, 0.1) is 11.0 Å². The number of H-pyrrole nitrogens is 1. The Morgan fingerprint density at radius 2 is 2.05 bits per heavy atom. The van der Waals surface area contributed by atoms with Crippen LogP contribution in [0.1, 0.15) is 0 Å². The first-order valence-corrected chi connectivity index (χ1v) is 5.23. The summed E-state index contributed by atoms with van der Waals surface area (Å²) < 4.78 is 27.0. The van der Waals surface area contributed by atoms with Gasteiger partial charge in [-0.1, -0.05) is 11.6 Å². The fourth-order valence-corrected chi connectivity index (χ4v) is 1.92. The number of aromatic nitrogens is 2. The van der Waals surface area contributed by atoms with E-state index < -0.39 is 40.3 Å². The molecule has 1 aromatic heterocycles. The summed E-state index contributed by atoms with van der Waals surface area (Å²) in [7, 11) is 0. The van der Waals surface area contributed by atoms with Crippen LogP contribution in [-0.4, -0.2) is 20.6 Å². The highest BCUT2D eigenvalue weighted by Gasteiger charge is 2.18. The molecule has 6 nitrogen and oxygen atoms in total. The van der Waals surface area contributed by atoms with Crippen molar-refractivity contribution < 1.29 is 18.7 Å². The molecule has 1 heterocycles. The highest BCUT2D eigenvalue weighted by Crippen LogP contribution is 2.26. The second kappa shape index (κ2) is 4.47. The van der Waals surface area contributed by atoms with Crippen molar-refractivity contribution in [3.8, 4) is 0 Å². The first-order valence-electron chi connectivity index (χ1n) is 4.85. The maximum absolute atomic E-state index is 13.3. The van der Waals surface area contributed by atoms with Crippen molar-refractivity contribution in [2.45, 2.75) is 6.54 Å². The SMILES string of the molecule is O=C(O)Cn1c(=O)c(=O)[nH]c2cc(F)c(F)c(Cl)c21. The van der Waals surface area contributed by atoms with E-state index >= 15 is 0 Å². The molecule has 0 bridgehead atoms.